The summed E-state index contributed by atoms with van der Waals surface area (Å²) >= 11 is 0. The molecule has 4 amide bonds. The molecule has 0 saturated carbocycles. The Morgan fingerprint density at radius 1 is 0.900 bits per heavy atom. The number of carbonyl (C=O) groups excluding carboxylic acids is 4. The third-order valence-corrected chi connectivity index (χ3v) is 4.06. The maximum Gasteiger partial charge on any atom is 0.326 e. The number of amides is 4. The van der Waals surface area contributed by atoms with Gasteiger partial charge in [-0.2, -0.15) is 0 Å². The van der Waals surface area contributed by atoms with Crippen molar-refractivity contribution in [3.05, 3.63) is 29.8 Å². The third-order valence-electron chi connectivity index (χ3n) is 4.06. The molecule has 1 aromatic rings. The number of carbonyl (C=O) groups is 5. The Hall–Kier alpha value is -3.67. The summed E-state index contributed by atoms with van der Waals surface area (Å²) in [6.07, 6.45) is -1.07. The number of phenolic OH excluding ortho intramolecular Hbond substituents is 1. The Labute approximate surface area is 171 Å². The van der Waals surface area contributed by atoms with Crippen molar-refractivity contribution in [3.63, 3.8) is 0 Å². The van der Waals surface area contributed by atoms with Gasteiger partial charge in [0.2, 0.25) is 23.6 Å². The molecule has 0 aliphatic heterocycles. The molecule has 12 nitrogen and oxygen atoms in total. The summed E-state index contributed by atoms with van der Waals surface area (Å²) < 4.78 is 0. The Morgan fingerprint density at radius 2 is 1.47 bits per heavy atom. The van der Waals surface area contributed by atoms with Crippen LogP contribution < -0.4 is 27.8 Å². The number of primary amides is 2. The second-order valence-electron chi connectivity index (χ2n) is 6.61. The van der Waals surface area contributed by atoms with Gasteiger partial charge in [-0.05, 0) is 30.5 Å². The van der Waals surface area contributed by atoms with Gasteiger partial charge < -0.3 is 38.0 Å². The number of carboxylic acid groups (broad SMARTS) is 1. The summed E-state index contributed by atoms with van der Waals surface area (Å²) in [5, 5.41) is 22.9. The molecule has 1 aromatic carbocycles. The number of nitrogens with one attached hydrogen (secondary N) is 2. The van der Waals surface area contributed by atoms with Crippen molar-refractivity contribution in [2.24, 2.45) is 17.2 Å². The second kappa shape index (κ2) is 11.4. The zero-order valence-electron chi connectivity index (χ0n) is 16.0. The maximum atomic E-state index is 12.4. The first-order valence-corrected chi connectivity index (χ1v) is 8.93. The zero-order chi connectivity index (χ0) is 22.8. The Balaban J connectivity index is 2.80. The van der Waals surface area contributed by atoms with Gasteiger partial charge in [-0.3, -0.25) is 19.2 Å². The molecular weight excluding hydrogens is 398 g/mol. The molecule has 0 bridgehead atoms. The van der Waals surface area contributed by atoms with E-state index in [0.29, 0.717) is 5.56 Å². The highest BCUT2D eigenvalue weighted by atomic mass is 16.4. The summed E-state index contributed by atoms with van der Waals surface area (Å²) in [4.78, 5) is 58.2. The van der Waals surface area contributed by atoms with Crippen molar-refractivity contribution in [1.82, 2.24) is 10.6 Å². The molecule has 10 N–H and O–H groups in total. The van der Waals surface area contributed by atoms with E-state index in [2.05, 4.69) is 10.6 Å². The lowest BCUT2D eigenvalue weighted by Crippen LogP contribution is -2.55. The molecule has 0 spiro atoms. The average Bonchev–Trinajstić information content (AvgIpc) is 2.65. The number of phenols is 1. The highest BCUT2D eigenvalue weighted by Gasteiger charge is 2.29. The van der Waals surface area contributed by atoms with Crippen LogP contribution in [-0.4, -0.2) is 57.9 Å². The van der Waals surface area contributed by atoms with Gasteiger partial charge in [-0.15, -0.1) is 0 Å². The number of carboxylic acids is 1. The fourth-order valence-electron chi connectivity index (χ4n) is 2.48. The van der Waals surface area contributed by atoms with Gasteiger partial charge in [-0.25, -0.2) is 4.79 Å². The van der Waals surface area contributed by atoms with Crippen LogP contribution >= 0.6 is 0 Å². The lowest BCUT2D eigenvalue weighted by molar-refractivity contribution is -0.142. The Kier molecular flexibility index (Phi) is 9.23. The largest absolute Gasteiger partial charge is 0.508 e. The van der Waals surface area contributed by atoms with Crippen LogP contribution in [0.25, 0.3) is 0 Å². The smallest absolute Gasteiger partial charge is 0.326 e. The fraction of sp³-hybridized carbons (Fsp3) is 0.389. The SMILES string of the molecule is NC(=O)CC[C@H](NC(=O)[C@H](CC(N)=O)NC(=O)[C@@H](N)Cc1ccc(O)cc1)C(=O)O. The molecule has 0 aliphatic rings. The fourth-order valence-corrected chi connectivity index (χ4v) is 2.48. The molecule has 30 heavy (non-hydrogen) atoms. The molecule has 0 unspecified atom stereocenters. The van der Waals surface area contributed by atoms with E-state index in [-0.39, 0.29) is 25.0 Å². The zero-order valence-corrected chi connectivity index (χ0v) is 16.0. The first-order chi connectivity index (χ1) is 14.0. The van der Waals surface area contributed by atoms with Crippen molar-refractivity contribution >= 4 is 29.6 Å². The third kappa shape index (κ3) is 8.56. The average molecular weight is 423 g/mol. The molecule has 0 aromatic heterocycles. The van der Waals surface area contributed by atoms with E-state index >= 15 is 0 Å². The van der Waals surface area contributed by atoms with E-state index in [0.717, 1.165) is 0 Å². The second-order valence-corrected chi connectivity index (χ2v) is 6.61. The number of hydrogen-bond donors (Lipinski definition) is 7. The lowest BCUT2D eigenvalue weighted by atomic mass is 10.0. The molecule has 0 radical (unpaired) electrons. The summed E-state index contributed by atoms with van der Waals surface area (Å²) in [6.45, 7) is 0. The topological polar surface area (TPSA) is 228 Å². The van der Waals surface area contributed by atoms with Crippen molar-refractivity contribution in [2.45, 2.75) is 43.8 Å². The Bertz CT molecular complexity index is 797. The van der Waals surface area contributed by atoms with Gasteiger partial charge in [0.25, 0.3) is 0 Å². The number of hydrogen-bond acceptors (Lipinski definition) is 7. The molecule has 0 aliphatic carbocycles. The highest BCUT2D eigenvalue weighted by molar-refractivity contribution is 5.94. The molecule has 3 atom stereocenters. The van der Waals surface area contributed by atoms with Crippen molar-refractivity contribution in [2.75, 3.05) is 0 Å². The molecule has 1 rings (SSSR count). The summed E-state index contributed by atoms with van der Waals surface area (Å²) in [6, 6.07) is 1.95. The standard InChI is InChI=1S/C18H25N5O7/c19-11(7-9-1-3-10(24)4-2-9)16(27)23-13(8-15(21)26)17(28)22-12(18(29)30)5-6-14(20)25/h1-4,11-13,24H,5-8,19H2,(H2,20,25)(H2,21,26)(H,22,28)(H,23,27)(H,29,30)/t11-,12-,13-/m0/s1. The monoisotopic (exact) mass is 423 g/mol. The van der Waals surface area contributed by atoms with Gasteiger partial charge in [-0.1, -0.05) is 12.1 Å². The van der Waals surface area contributed by atoms with Gasteiger partial charge in [0, 0.05) is 6.42 Å². The van der Waals surface area contributed by atoms with Crippen LogP contribution in [0.3, 0.4) is 0 Å². The molecule has 12 heteroatoms. The van der Waals surface area contributed by atoms with E-state index in [1.54, 1.807) is 12.1 Å². The molecule has 0 saturated heterocycles. The van der Waals surface area contributed by atoms with Crippen LogP contribution in [0.1, 0.15) is 24.8 Å². The first-order valence-electron chi connectivity index (χ1n) is 8.93. The van der Waals surface area contributed by atoms with Crippen molar-refractivity contribution in [3.8, 4) is 5.75 Å². The van der Waals surface area contributed by atoms with E-state index in [4.69, 9.17) is 22.3 Å². The lowest BCUT2D eigenvalue weighted by Gasteiger charge is -2.22. The van der Waals surface area contributed by atoms with Crippen LogP contribution in [0.5, 0.6) is 5.75 Å². The summed E-state index contributed by atoms with van der Waals surface area (Å²) in [7, 11) is 0. The van der Waals surface area contributed by atoms with Gasteiger partial charge in [0.15, 0.2) is 0 Å². The van der Waals surface area contributed by atoms with Crippen molar-refractivity contribution in [1.29, 1.82) is 0 Å². The highest BCUT2D eigenvalue weighted by Crippen LogP contribution is 2.11. The predicted molar refractivity (Wildman–Crippen MR) is 104 cm³/mol. The maximum absolute atomic E-state index is 12.4. The van der Waals surface area contributed by atoms with Crippen LogP contribution in [0.15, 0.2) is 24.3 Å². The molecule has 0 heterocycles. The minimum atomic E-state index is -1.46. The van der Waals surface area contributed by atoms with Crippen LogP contribution in [0.4, 0.5) is 0 Å². The summed E-state index contributed by atoms with van der Waals surface area (Å²) in [5.74, 6) is -4.79. The first kappa shape index (κ1) is 24.4. The number of rotatable bonds is 12. The predicted octanol–water partition coefficient (Wildman–Crippen LogP) is -2.54. The van der Waals surface area contributed by atoms with Gasteiger partial charge >= 0.3 is 5.97 Å². The van der Waals surface area contributed by atoms with Crippen LogP contribution in [0.2, 0.25) is 0 Å². The van der Waals surface area contributed by atoms with Crippen LogP contribution in [0, 0.1) is 0 Å². The summed E-state index contributed by atoms with van der Waals surface area (Å²) in [5.41, 5.74) is 16.6. The number of aliphatic carboxylic acids is 1. The molecular formula is C18H25N5O7. The van der Waals surface area contributed by atoms with E-state index < -0.39 is 54.1 Å². The molecule has 0 fully saturated rings. The van der Waals surface area contributed by atoms with Crippen molar-refractivity contribution < 1.29 is 34.2 Å². The van der Waals surface area contributed by atoms with E-state index in [1.807, 2.05) is 0 Å². The molecule has 164 valence electrons. The number of benzene rings is 1. The minimum absolute atomic E-state index is 0.0410. The normalized spacial score (nSPS) is 13.5. The quantitative estimate of drug-likeness (QED) is 0.189. The number of nitrogens with two attached hydrogens (primary N) is 3. The van der Waals surface area contributed by atoms with E-state index in [9.17, 15) is 29.1 Å². The minimum Gasteiger partial charge on any atom is -0.508 e. The van der Waals surface area contributed by atoms with Gasteiger partial charge in [0.1, 0.15) is 17.8 Å². The number of aromatic hydroxyl groups is 1. The van der Waals surface area contributed by atoms with E-state index in [1.165, 1.54) is 12.1 Å². The van der Waals surface area contributed by atoms with Gasteiger partial charge in [0.05, 0.1) is 12.5 Å². The van der Waals surface area contributed by atoms with Crippen LogP contribution in [-0.2, 0) is 30.4 Å². The Morgan fingerprint density at radius 3 is 1.97 bits per heavy atom.